The second kappa shape index (κ2) is 6.04. The summed E-state index contributed by atoms with van der Waals surface area (Å²) in [6.07, 6.45) is 2.73. The highest BCUT2D eigenvalue weighted by molar-refractivity contribution is 7.91. The minimum Gasteiger partial charge on any atom is -0.480 e. The van der Waals surface area contributed by atoms with Crippen molar-refractivity contribution >= 4 is 27.3 Å². The molecule has 0 aliphatic carbocycles. The van der Waals surface area contributed by atoms with Crippen LogP contribution in [-0.4, -0.2) is 35.5 Å². The maximum Gasteiger partial charge on any atom is 0.322 e. The first-order valence-electron chi connectivity index (χ1n) is 5.64. The van der Waals surface area contributed by atoms with Crippen LogP contribution in [0.4, 0.5) is 0 Å². The van der Waals surface area contributed by atoms with Crippen molar-refractivity contribution in [1.29, 1.82) is 5.26 Å². The topological polar surface area (TPSA) is 136 Å². The number of carboxylic acids is 1. The van der Waals surface area contributed by atoms with Gasteiger partial charge in [-0.1, -0.05) is 0 Å². The Kier molecular flexibility index (Phi) is 4.37. The van der Waals surface area contributed by atoms with E-state index in [1.807, 2.05) is 6.07 Å². The number of H-pyrrole nitrogens is 1. The van der Waals surface area contributed by atoms with Crippen LogP contribution in [-0.2, 0) is 21.2 Å². The van der Waals surface area contributed by atoms with Gasteiger partial charge in [-0.05, 0) is 12.1 Å². The van der Waals surface area contributed by atoms with Gasteiger partial charge in [0.25, 0.3) is 10.0 Å². The Balaban J connectivity index is 2.19. The summed E-state index contributed by atoms with van der Waals surface area (Å²) >= 11 is 0.777. The van der Waals surface area contributed by atoms with E-state index in [-0.39, 0.29) is 15.5 Å². The highest BCUT2D eigenvalue weighted by Crippen LogP contribution is 2.21. The van der Waals surface area contributed by atoms with Crippen LogP contribution in [0.1, 0.15) is 10.6 Å². The van der Waals surface area contributed by atoms with Crippen molar-refractivity contribution in [3.63, 3.8) is 0 Å². The van der Waals surface area contributed by atoms with Crippen molar-refractivity contribution in [2.75, 3.05) is 0 Å². The van der Waals surface area contributed by atoms with E-state index in [2.05, 4.69) is 14.7 Å². The van der Waals surface area contributed by atoms with Gasteiger partial charge in [0.1, 0.15) is 21.2 Å². The molecular weight excluding hydrogens is 316 g/mol. The van der Waals surface area contributed by atoms with E-state index in [1.54, 1.807) is 0 Å². The maximum absolute atomic E-state index is 12.1. The van der Waals surface area contributed by atoms with Gasteiger partial charge in [0.05, 0.1) is 6.33 Å². The Morgan fingerprint density at radius 2 is 2.33 bits per heavy atom. The molecule has 0 saturated carbocycles. The molecule has 21 heavy (non-hydrogen) atoms. The van der Waals surface area contributed by atoms with Crippen molar-refractivity contribution in [1.82, 2.24) is 14.7 Å². The molecule has 0 aliphatic rings. The summed E-state index contributed by atoms with van der Waals surface area (Å²) in [6.45, 7) is 0. The average Bonchev–Trinajstić information content (AvgIpc) is 3.08. The van der Waals surface area contributed by atoms with Crippen LogP contribution >= 0.6 is 11.3 Å². The summed E-state index contributed by atoms with van der Waals surface area (Å²) in [7, 11) is -3.99. The molecule has 2 aromatic rings. The second-order valence-electron chi connectivity index (χ2n) is 4.02. The molecule has 2 heterocycles. The zero-order valence-corrected chi connectivity index (χ0v) is 12.1. The molecule has 0 saturated heterocycles. The number of imidazole rings is 1. The molecule has 3 N–H and O–H groups in total. The average molecular weight is 326 g/mol. The van der Waals surface area contributed by atoms with E-state index < -0.39 is 22.0 Å². The monoisotopic (exact) mass is 326 g/mol. The first-order chi connectivity index (χ1) is 9.92. The molecule has 0 aromatic carbocycles. The molecule has 110 valence electrons. The van der Waals surface area contributed by atoms with Crippen molar-refractivity contribution in [3.05, 3.63) is 35.2 Å². The van der Waals surface area contributed by atoms with Crippen LogP contribution in [0.15, 0.2) is 28.9 Å². The van der Waals surface area contributed by atoms with Gasteiger partial charge in [-0.3, -0.25) is 4.79 Å². The maximum atomic E-state index is 12.1. The summed E-state index contributed by atoms with van der Waals surface area (Å²) in [5.41, 5.74) is 0.494. The van der Waals surface area contributed by atoms with Crippen LogP contribution in [0.2, 0.25) is 0 Å². The number of hydrogen-bond acceptors (Lipinski definition) is 6. The van der Waals surface area contributed by atoms with Gasteiger partial charge < -0.3 is 10.1 Å². The number of nitrogens with one attached hydrogen (secondary N) is 2. The van der Waals surface area contributed by atoms with Crippen molar-refractivity contribution in [2.24, 2.45) is 0 Å². The Hall–Kier alpha value is -2.22. The van der Waals surface area contributed by atoms with Gasteiger partial charge in [-0.25, -0.2) is 13.4 Å². The quantitative estimate of drug-likeness (QED) is 0.699. The Labute approximate surface area is 124 Å². The van der Waals surface area contributed by atoms with Crippen LogP contribution < -0.4 is 4.72 Å². The largest absolute Gasteiger partial charge is 0.480 e. The van der Waals surface area contributed by atoms with Crippen molar-refractivity contribution < 1.29 is 18.3 Å². The molecule has 0 radical (unpaired) electrons. The molecule has 0 fully saturated rings. The summed E-state index contributed by atoms with van der Waals surface area (Å²) in [5, 5.41) is 17.8. The van der Waals surface area contributed by atoms with Crippen LogP contribution in [0.25, 0.3) is 0 Å². The number of rotatable bonds is 6. The smallest absolute Gasteiger partial charge is 0.322 e. The van der Waals surface area contributed by atoms with E-state index >= 15 is 0 Å². The summed E-state index contributed by atoms with van der Waals surface area (Å²) in [6, 6.07) is 3.13. The molecule has 2 aromatic heterocycles. The first kappa shape index (κ1) is 15.2. The standard InChI is InChI=1S/C11H10N4O4S2/c12-4-8-1-2-10(20-8)21(18,19)15-9(11(16)17)3-7-5-13-6-14-7/h1-2,5-6,9,15H,3H2,(H,13,14)(H,16,17)/t9-/m0/s1. The van der Waals surface area contributed by atoms with Crippen LogP contribution in [0, 0.1) is 11.3 Å². The number of sulfonamides is 1. The zero-order chi connectivity index (χ0) is 15.5. The number of carboxylic acid groups (broad SMARTS) is 1. The van der Waals surface area contributed by atoms with Gasteiger partial charge in [0.15, 0.2) is 0 Å². The molecule has 1 atom stereocenters. The normalized spacial score (nSPS) is 12.7. The molecule has 8 nitrogen and oxygen atoms in total. The molecule has 0 bridgehead atoms. The molecule has 0 spiro atoms. The number of thiophene rings is 1. The minimum absolute atomic E-state index is 0.0644. The SMILES string of the molecule is N#Cc1ccc(S(=O)(=O)N[C@@H](Cc2cnc[nH]2)C(=O)O)s1. The molecule has 0 aliphatic heterocycles. The number of aromatic nitrogens is 2. The van der Waals surface area contributed by atoms with Gasteiger partial charge in [-0.15, -0.1) is 11.3 Å². The van der Waals surface area contributed by atoms with E-state index in [0.717, 1.165) is 11.3 Å². The molecule has 10 heteroatoms. The third kappa shape index (κ3) is 3.66. The second-order valence-corrected chi connectivity index (χ2v) is 7.05. The lowest BCUT2D eigenvalue weighted by Gasteiger charge is -2.12. The Bertz CT molecular complexity index is 774. The summed E-state index contributed by atoms with van der Waals surface area (Å²) in [4.78, 5) is 17.9. The summed E-state index contributed by atoms with van der Waals surface area (Å²) < 4.78 is 26.2. The van der Waals surface area contributed by atoms with E-state index in [4.69, 9.17) is 10.4 Å². The van der Waals surface area contributed by atoms with Crippen LogP contribution in [0.3, 0.4) is 0 Å². The number of aliphatic carboxylic acids is 1. The molecule has 0 unspecified atom stereocenters. The minimum atomic E-state index is -3.99. The predicted octanol–water partition coefficient (Wildman–Crippen LogP) is 0.317. The molecular formula is C11H10N4O4S2. The van der Waals surface area contributed by atoms with Gasteiger partial charge >= 0.3 is 5.97 Å². The lowest BCUT2D eigenvalue weighted by molar-refractivity contribution is -0.138. The van der Waals surface area contributed by atoms with E-state index in [0.29, 0.717) is 5.69 Å². The van der Waals surface area contributed by atoms with Gasteiger partial charge in [0.2, 0.25) is 0 Å². The Morgan fingerprint density at radius 3 is 2.86 bits per heavy atom. The Morgan fingerprint density at radius 1 is 1.57 bits per heavy atom. The first-order valence-corrected chi connectivity index (χ1v) is 7.94. The highest BCUT2D eigenvalue weighted by atomic mass is 32.2. The van der Waals surface area contributed by atoms with E-state index in [1.165, 1.54) is 24.7 Å². The van der Waals surface area contributed by atoms with Crippen molar-refractivity contribution in [2.45, 2.75) is 16.7 Å². The van der Waals surface area contributed by atoms with Crippen molar-refractivity contribution in [3.8, 4) is 6.07 Å². The fourth-order valence-corrected chi connectivity index (χ4v) is 3.87. The van der Waals surface area contributed by atoms with E-state index in [9.17, 15) is 13.2 Å². The highest BCUT2D eigenvalue weighted by Gasteiger charge is 2.27. The third-order valence-corrected chi connectivity index (χ3v) is 5.48. The number of nitriles is 1. The summed E-state index contributed by atoms with van der Waals surface area (Å²) in [5.74, 6) is -1.30. The number of aromatic amines is 1. The third-order valence-electron chi connectivity index (χ3n) is 2.53. The number of carbonyl (C=O) groups is 1. The number of nitrogens with zero attached hydrogens (tertiary/aromatic N) is 2. The fraction of sp³-hybridized carbons (Fsp3) is 0.182. The molecule has 0 amide bonds. The predicted molar refractivity (Wildman–Crippen MR) is 73.1 cm³/mol. The van der Waals surface area contributed by atoms with Gasteiger partial charge in [-0.2, -0.15) is 9.98 Å². The number of hydrogen-bond donors (Lipinski definition) is 3. The van der Waals surface area contributed by atoms with Gasteiger partial charge in [0, 0.05) is 18.3 Å². The van der Waals surface area contributed by atoms with Crippen LogP contribution in [0.5, 0.6) is 0 Å². The lowest BCUT2D eigenvalue weighted by Crippen LogP contribution is -2.42. The fourth-order valence-electron chi connectivity index (χ4n) is 1.57. The zero-order valence-electron chi connectivity index (χ0n) is 10.5. The lowest BCUT2D eigenvalue weighted by atomic mass is 10.2. The molecule has 2 rings (SSSR count).